The summed E-state index contributed by atoms with van der Waals surface area (Å²) < 4.78 is 5.30. The van der Waals surface area contributed by atoms with Crippen LogP contribution in [0, 0.1) is 18.8 Å². The molecule has 0 saturated heterocycles. The maximum absolute atomic E-state index is 12.4. The lowest BCUT2D eigenvalue weighted by Gasteiger charge is -2.27. The van der Waals surface area contributed by atoms with Crippen molar-refractivity contribution in [1.82, 2.24) is 0 Å². The fourth-order valence-corrected chi connectivity index (χ4v) is 4.70. The van der Waals surface area contributed by atoms with Gasteiger partial charge in [-0.25, -0.2) is 0 Å². The Balaban J connectivity index is 0.000000270. The van der Waals surface area contributed by atoms with E-state index in [4.69, 9.17) is 4.74 Å². The zero-order valence-electron chi connectivity index (χ0n) is 21.3. The van der Waals surface area contributed by atoms with Crippen LogP contribution in [0.15, 0.2) is 36.4 Å². The van der Waals surface area contributed by atoms with Crippen molar-refractivity contribution in [1.29, 1.82) is 0 Å². The number of ether oxygens (including phenoxy) is 1. The first-order chi connectivity index (χ1) is 16.3. The largest absolute Gasteiger partial charge is 0.496 e. The number of aryl methyl sites for hydroxylation is 1. The Labute approximate surface area is 204 Å². The summed E-state index contributed by atoms with van der Waals surface area (Å²) in [5.41, 5.74) is 4.04. The minimum absolute atomic E-state index is 0.0144. The van der Waals surface area contributed by atoms with Crippen LogP contribution >= 0.6 is 0 Å². The summed E-state index contributed by atoms with van der Waals surface area (Å²) in [7, 11) is 1.66. The minimum atomic E-state index is 0.0144. The SMILES string of the molecule is CCCC1CCC(C(=O)Nc2ccc(C)c(OC)c2)CC1.CCc1c(C=O)cccc1C(C)=O. The number of benzene rings is 2. The second-order valence-corrected chi connectivity index (χ2v) is 9.08. The summed E-state index contributed by atoms with van der Waals surface area (Å²) in [6.07, 6.45) is 8.52. The predicted octanol–water partition coefficient (Wildman–Crippen LogP) is 6.81. The highest BCUT2D eigenvalue weighted by Crippen LogP contribution is 2.32. The Morgan fingerprint density at radius 2 is 1.79 bits per heavy atom. The molecule has 0 heterocycles. The normalized spacial score (nSPS) is 17.2. The highest BCUT2D eigenvalue weighted by Gasteiger charge is 2.25. The van der Waals surface area contributed by atoms with Gasteiger partial charge in [-0.1, -0.05) is 51.0 Å². The van der Waals surface area contributed by atoms with Gasteiger partial charge in [-0.2, -0.15) is 0 Å². The van der Waals surface area contributed by atoms with Gasteiger partial charge in [0, 0.05) is 28.8 Å². The van der Waals surface area contributed by atoms with E-state index in [2.05, 4.69) is 12.2 Å². The number of nitrogens with one attached hydrogen (secondary N) is 1. The van der Waals surface area contributed by atoms with Crippen LogP contribution in [-0.2, 0) is 11.2 Å². The summed E-state index contributed by atoms with van der Waals surface area (Å²) in [6, 6.07) is 11.0. The molecule has 1 aliphatic rings. The predicted molar refractivity (Wildman–Crippen MR) is 138 cm³/mol. The van der Waals surface area contributed by atoms with Crippen LogP contribution in [-0.4, -0.2) is 25.1 Å². The van der Waals surface area contributed by atoms with E-state index in [1.807, 2.05) is 32.0 Å². The molecule has 1 N–H and O–H groups in total. The molecule has 1 fully saturated rings. The first kappa shape index (κ1) is 27.3. The minimum Gasteiger partial charge on any atom is -0.496 e. The fraction of sp³-hybridized carbons (Fsp3) is 0.483. The van der Waals surface area contributed by atoms with Crippen molar-refractivity contribution in [2.24, 2.45) is 11.8 Å². The molecule has 3 rings (SSSR count). The van der Waals surface area contributed by atoms with Gasteiger partial charge in [0.1, 0.15) is 12.0 Å². The molecule has 5 heteroatoms. The fourth-order valence-electron chi connectivity index (χ4n) is 4.70. The van der Waals surface area contributed by atoms with E-state index in [0.29, 0.717) is 17.5 Å². The summed E-state index contributed by atoms with van der Waals surface area (Å²) >= 11 is 0. The average Bonchev–Trinajstić information content (AvgIpc) is 2.85. The molecule has 184 valence electrons. The van der Waals surface area contributed by atoms with Crippen molar-refractivity contribution in [2.75, 3.05) is 12.4 Å². The molecule has 0 aliphatic heterocycles. The van der Waals surface area contributed by atoms with Gasteiger partial charge in [-0.05, 0) is 69.1 Å². The summed E-state index contributed by atoms with van der Waals surface area (Å²) in [5.74, 6) is 2.00. The third-order valence-electron chi connectivity index (χ3n) is 6.66. The molecule has 0 bridgehead atoms. The lowest BCUT2D eigenvalue weighted by molar-refractivity contribution is -0.121. The molecule has 0 spiro atoms. The van der Waals surface area contributed by atoms with Gasteiger partial charge in [0.15, 0.2) is 5.78 Å². The molecule has 0 aromatic heterocycles. The number of hydrogen-bond donors (Lipinski definition) is 1. The summed E-state index contributed by atoms with van der Waals surface area (Å²) in [4.78, 5) is 34.2. The number of amides is 1. The number of ketones is 1. The first-order valence-corrected chi connectivity index (χ1v) is 12.4. The molecule has 0 unspecified atom stereocenters. The van der Waals surface area contributed by atoms with Crippen LogP contribution in [0.2, 0.25) is 0 Å². The second-order valence-electron chi connectivity index (χ2n) is 9.08. The van der Waals surface area contributed by atoms with Gasteiger partial charge in [0.2, 0.25) is 5.91 Å². The van der Waals surface area contributed by atoms with Gasteiger partial charge in [0.25, 0.3) is 0 Å². The number of hydrogen-bond acceptors (Lipinski definition) is 4. The van der Waals surface area contributed by atoms with Gasteiger partial charge in [-0.3, -0.25) is 14.4 Å². The molecule has 2 aromatic rings. The van der Waals surface area contributed by atoms with Crippen molar-refractivity contribution in [2.45, 2.75) is 72.6 Å². The summed E-state index contributed by atoms with van der Waals surface area (Å²) in [5, 5.41) is 3.04. The molecule has 5 nitrogen and oxygen atoms in total. The van der Waals surface area contributed by atoms with E-state index in [9.17, 15) is 14.4 Å². The van der Waals surface area contributed by atoms with E-state index in [-0.39, 0.29) is 17.6 Å². The monoisotopic (exact) mass is 465 g/mol. The van der Waals surface area contributed by atoms with Crippen LogP contribution in [0.4, 0.5) is 5.69 Å². The van der Waals surface area contributed by atoms with Crippen molar-refractivity contribution >= 4 is 23.7 Å². The Kier molecular flexibility index (Phi) is 11.0. The standard InChI is InChI=1S/C18H27NO2.C11H12O2/c1-4-5-14-7-9-15(10-8-14)18(20)19-16-11-6-13(2)17(12-16)21-3;1-3-10-9(7-12)5-4-6-11(10)8(2)13/h6,11-12,14-15H,4-5,7-10H2,1-3H3,(H,19,20);4-7H,3H2,1-2H3. The maximum Gasteiger partial charge on any atom is 0.227 e. The second kappa shape index (κ2) is 13.7. The topological polar surface area (TPSA) is 72.5 Å². The Morgan fingerprint density at radius 3 is 2.35 bits per heavy atom. The third kappa shape index (κ3) is 7.54. The van der Waals surface area contributed by atoms with Crippen LogP contribution < -0.4 is 10.1 Å². The number of anilines is 1. The third-order valence-corrected chi connectivity index (χ3v) is 6.66. The smallest absolute Gasteiger partial charge is 0.227 e. The van der Waals surface area contributed by atoms with Gasteiger partial charge in [0.05, 0.1) is 7.11 Å². The lowest BCUT2D eigenvalue weighted by atomic mass is 9.80. The number of aldehydes is 1. The van der Waals surface area contributed by atoms with Gasteiger partial charge in [-0.15, -0.1) is 0 Å². The van der Waals surface area contributed by atoms with E-state index in [0.717, 1.165) is 47.6 Å². The van der Waals surface area contributed by atoms with Crippen molar-refractivity contribution in [3.05, 3.63) is 58.7 Å². The van der Waals surface area contributed by atoms with E-state index < -0.39 is 0 Å². The molecule has 1 amide bonds. The molecule has 2 aromatic carbocycles. The quantitative estimate of drug-likeness (QED) is 0.343. The van der Waals surface area contributed by atoms with E-state index in [1.165, 1.54) is 32.6 Å². The number of carbonyl (C=O) groups is 3. The van der Waals surface area contributed by atoms with Crippen LogP contribution in [0.25, 0.3) is 0 Å². The van der Waals surface area contributed by atoms with E-state index >= 15 is 0 Å². The first-order valence-electron chi connectivity index (χ1n) is 12.4. The molecular weight excluding hydrogens is 426 g/mol. The highest BCUT2D eigenvalue weighted by molar-refractivity contribution is 5.97. The zero-order chi connectivity index (χ0) is 25.1. The lowest BCUT2D eigenvalue weighted by Crippen LogP contribution is -2.27. The van der Waals surface area contributed by atoms with Crippen molar-refractivity contribution < 1.29 is 19.1 Å². The molecule has 1 aliphatic carbocycles. The Morgan fingerprint density at radius 1 is 1.09 bits per heavy atom. The van der Waals surface area contributed by atoms with Crippen LogP contribution in [0.5, 0.6) is 5.75 Å². The van der Waals surface area contributed by atoms with E-state index in [1.54, 1.807) is 25.3 Å². The van der Waals surface area contributed by atoms with Crippen molar-refractivity contribution in [3.63, 3.8) is 0 Å². The van der Waals surface area contributed by atoms with Gasteiger partial charge >= 0.3 is 0 Å². The average molecular weight is 466 g/mol. The zero-order valence-corrected chi connectivity index (χ0v) is 21.3. The molecular formula is C29H39NO4. The van der Waals surface area contributed by atoms with Crippen LogP contribution in [0.1, 0.15) is 91.1 Å². The number of Topliss-reactive ketones (excluding diaryl/α,β-unsaturated/α-hetero) is 1. The van der Waals surface area contributed by atoms with Crippen LogP contribution in [0.3, 0.4) is 0 Å². The molecule has 0 radical (unpaired) electrons. The maximum atomic E-state index is 12.4. The number of carbonyl (C=O) groups excluding carboxylic acids is 3. The summed E-state index contributed by atoms with van der Waals surface area (Å²) in [6.45, 7) is 7.70. The highest BCUT2D eigenvalue weighted by atomic mass is 16.5. The molecule has 34 heavy (non-hydrogen) atoms. The Hall–Kier alpha value is -2.95. The Bertz CT molecular complexity index is 974. The van der Waals surface area contributed by atoms with Crippen molar-refractivity contribution in [3.8, 4) is 5.75 Å². The number of methoxy groups -OCH3 is 1. The van der Waals surface area contributed by atoms with Gasteiger partial charge < -0.3 is 10.1 Å². The molecule has 0 atom stereocenters. The number of rotatable bonds is 8. The molecule has 1 saturated carbocycles.